The van der Waals surface area contributed by atoms with Crippen LogP contribution < -0.4 is 0 Å². The van der Waals surface area contributed by atoms with Crippen LogP contribution in [0.1, 0.15) is 20.8 Å². The van der Waals surface area contributed by atoms with E-state index in [2.05, 4.69) is 20.8 Å². The van der Waals surface area contributed by atoms with Crippen molar-refractivity contribution in [1.29, 1.82) is 0 Å². The van der Waals surface area contributed by atoms with Crippen LogP contribution in [0.3, 0.4) is 0 Å². The molecule has 0 heterocycles. The summed E-state index contributed by atoms with van der Waals surface area (Å²) in [5, 5.41) is 0. The van der Waals surface area contributed by atoms with Crippen molar-refractivity contribution in [3.05, 3.63) is 0 Å². The molecule has 0 aromatic carbocycles. The molecule has 0 aliphatic heterocycles. The summed E-state index contributed by atoms with van der Waals surface area (Å²) < 4.78 is 0. The highest BCUT2D eigenvalue weighted by atomic mass is 32.1. The van der Waals surface area contributed by atoms with Crippen molar-refractivity contribution in [3.8, 4) is 0 Å². The van der Waals surface area contributed by atoms with Crippen LogP contribution in [0.2, 0.25) is 0 Å². The van der Waals surface area contributed by atoms with E-state index in [9.17, 15) is 0 Å². The van der Waals surface area contributed by atoms with E-state index < -0.39 is 0 Å². The maximum atomic E-state index is 5.14. The van der Waals surface area contributed by atoms with Gasteiger partial charge in [0.25, 0.3) is 0 Å². The minimum Gasteiger partial charge on any atom is -0.372 e. The number of nitrogens with zero attached hydrogens (tertiary/aromatic N) is 1. The summed E-state index contributed by atoms with van der Waals surface area (Å²) in [7, 11) is 3.96. The summed E-state index contributed by atoms with van der Waals surface area (Å²) in [6, 6.07) is 0. The molecule has 0 rings (SSSR count). The zero-order valence-corrected chi connectivity index (χ0v) is 7.67. The van der Waals surface area contributed by atoms with Crippen LogP contribution in [0.5, 0.6) is 0 Å². The van der Waals surface area contributed by atoms with Gasteiger partial charge >= 0.3 is 0 Å². The standard InChI is InChI=1S/C7H15NS/c1-7(2,3)6(9)8(4)5/h1-5H3. The predicted molar refractivity (Wildman–Crippen MR) is 45.7 cm³/mol. The molecule has 1 nitrogen and oxygen atoms in total. The van der Waals surface area contributed by atoms with E-state index in [-0.39, 0.29) is 5.41 Å². The predicted octanol–water partition coefficient (Wildman–Crippen LogP) is 1.92. The molecular formula is C7H15NS. The Hall–Kier alpha value is -0.110. The number of hydrogen-bond acceptors (Lipinski definition) is 1. The van der Waals surface area contributed by atoms with Crippen molar-refractivity contribution in [2.45, 2.75) is 20.8 Å². The Kier molecular flexibility index (Phi) is 2.62. The molecule has 0 fully saturated rings. The fourth-order valence-corrected chi connectivity index (χ4v) is 0.671. The van der Waals surface area contributed by atoms with Crippen LogP contribution in [0.25, 0.3) is 0 Å². The average Bonchev–Trinajstić information content (AvgIpc) is 1.62. The van der Waals surface area contributed by atoms with Gasteiger partial charge in [0.1, 0.15) is 0 Å². The van der Waals surface area contributed by atoms with Crippen LogP contribution in [0.15, 0.2) is 0 Å². The van der Waals surface area contributed by atoms with Crippen molar-refractivity contribution >= 4 is 17.2 Å². The monoisotopic (exact) mass is 145 g/mol. The SMILES string of the molecule is CN(C)C(=S)C(C)(C)C. The molecule has 0 aliphatic carbocycles. The van der Waals surface area contributed by atoms with E-state index in [0.717, 1.165) is 4.99 Å². The molecule has 0 saturated carbocycles. The number of thiocarbonyl (C=S) groups is 1. The van der Waals surface area contributed by atoms with Gasteiger partial charge in [0.15, 0.2) is 0 Å². The Morgan fingerprint density at radius 1 is 1.22 bits per heavy atom. The average molecular weight is 145 g/mol. The minimum atomic E-state index is 0.138. The van der Waals surface area contributed by atoms with Crippen LogP contribution in [0.4, 0.5) is 0 Å². The first-order valence-corrected chi connectivity index (χ1v) is 3.48. The molecule has 0 atom stereocenters. The third-order valence-corrected chi connectivity index (χ3v) is 2.03. The second-order valence-electron chi connectivity index (χ2n) is 3.45. The summed E-state index contributed by atoms with van der Waals surface area (Å²) >= 11 is 5.14. The fourth-order valence-electron chi connectivity index (χ4n) is 0.671. The second-order valence-corrected chi connectivity index (χ2v) is 3.84. The summed E-state index contributed by atoms with van der Waals surface area (Å²) in [6.07, 6.45) is 0. The van der Waals surface area contributed by atoms with Crippen LogP contribution in [-0.4, -0.2) is 24.0 Å². The van der Waals surface area contributed by atoms with Gasteiger partial charge in [-0.05, 0) is 0 Å². The van der Waals surface area contributed by atoms with Gasteiger partial charge < -0.3 is 4.90 Å². The van der Waals surface area contributed by atoms with E-state index in [0.29, 0.717) is 0 Å². The molecular weight excluding hydrogens is 130 g/mol. The molecule has 9 heavy (non-hydrogen) atoms. The van der Waals surface area contributed by atoms with Crippen molar-refractivity contribution < 1.29 is 0 Å². The third kappa shape index (κ3) is 2.80. The van der Waals surface area contributed by atoms with E-state index in [1.165, 1.54) is 0 Å². The molecule has 2 heteroatoms. The molecule has 0 unspecified atom stereocenters. The van der Waals surface area contributed by atoms with Crippen LogP contribution in [-0.2, 0) is 0 Å². The summed E-state index contributed by atoms with van der Waals surface area (Å²) in [6.45, 7) is 6.36. The first-order valence-electron chi connectivity index (χ1n) is 3.07. The van der Waals surface area contributed by atoms with Crippen molar-refractivity contribution in [2.75, 3.05) is 14.1 Å². The highest BCUT2D eigenvalue weighted by molar-refractivity contribution is 7.80. The van der Waals surface area contributed by atoms with E-state index in [1.807, 2.05) is 19.0 Å². The maximum Gasteiger partial charge on any atom is 0.0828 e. The lowest BCUT2D eigenvalue weighted by molar-refractivity contribution is 0.497. The summed E-state index contributed by atoms with van der Waals surface area (Å²) in [5.41, 5.74) is 0.138. The van der Waals surface area contributed by atoms with Crippen molar-refractivity contribution in [3.63, 3.8) is 0 Å². The lowest BCUT2D eigenvalue weighted by Crippen LogP contribution is -2.31. The molecule has 0 aromatic heterocycles. The highest BCUT2D eigenvalue weighted by Gasteiger charge is 2.17. The van der Waals surface area contributed by atoms with Crippen molar-refractivity contribution in [2.24, 2.45) is 5.41 Å². The maximum absolute atomic E-state index is 5.14. The lowest BCUT2D eigenvalue weighted by Gasteiger charge is -2.25. The van der Waals surface area contributed by atoms with Gasteiger partial charge in [-0.25, -0.2) is 0 Å². The van der Waals surface area contributed by atoms with E-state index in [4.69, 9.17) is 12.2 Å². The fraction of sp³-hybridized carbons (Fsp3) is 0.857. The van der Waals surface area contributed by atoms with Gasteiger partial charge in [-0.15, -0.1) is 0 Å². The molecule has 0 spiro atoms. The topological polar surface area (TPSA) is 3.24 Å². The summed E-state index contributed by atoms with van der Waals surface area (Å²) in [5.74, 6) is 0. The van der Waals surface area contributed by atoms with Crippen molar-refractivity contribution in [1.82, 2.24) is 4.90 Å². The van der Waals surface area contributed by atoms with Gasteiger partial charge in [-0.1, -0.05) is 33.0 Å². The van der Waals surface area contributed by atoms with Gasteiger partial charge in [-0.2, -0.15) is 0 Å². The quantitative estimate of drug-likeness (QED) is 0.479. The van der Waals surface area contributed by atoms with E-state index >= 15 is 0 Å². The first-order chi connectivity index (χ1) is 3.85. The van der Waals surface area contributed by atoms with Gasteiger partial charge in [0, 0.05) is 19.5 Å². The van der Waals surface area contributed by atoms with Crippen LogP contribution in [0, 0.1) is 5.41 Å². The Morgan fingerprint density at radius 2 is 1.56 bits per heavy atom. The zero-order chi connectivity index (χ0) is 7.65. The lowest BCUT2D eigenvalue weighted by atomic mass is 9.96. The Balaban J connectivity index is 4.06. The molecule has 0 saturated heterocycles. The first kappa shape index (κ1) is 8.89. The Bertz CT molecular complexity index is 111. The molecule has 0 N–H and O–H groups in total. The van der Waals surface area contributed by atoms with Gasteiger partial charge in [-0.3, -0.25) is 0 Å². The molecule has 0 radical (unpaired) electrons. The molecule has 0 aromatic rings. The molecule has 0 bridgehead atoms. The van der Waals surface area contributed by atoms with E-state index in [1.54, 1.807) is 0 Å². The zero-order valence-electron chi connectivity index (χ0n) is 6.86. The van der Waals surface area contributed by atoms with Gasteiger partial charge in [0.2, 0.25) is 0 Å². The number of hydrogen-bond donors (Lipinski definition) is 0. The molecule has 54 valence electrons. The van der Waals surface area contributed by atoms with Crippen LogP contribution >= 0.6 is 12.2 Å². The largest absolute Gasteiger partial charge is 0.372 e. The second kappa shape index (κ2) is 2.65. The van der Waals surface area contributed by atoms with Gasteiger partial charge in [0.05, 0.1) is 4.99 Å². The minimum absolute atomic E-state index is 0.138. The highest BCUT2D eigenvalue weighted by Crippen LogP contribution is 2.16. The normalized spacial score (nSPS) is 11.2. The smallest absolute Gasteiger partial charge is 0.0828 e. The number of rotatable bonds is 0. The Labute approximate surface area is 63.0 Å². The molecule has 0 aliphatic rings. The third-order valence-electron chi connectivity index (χ3n) is 1.05. The molecule has 0 amide bonds. The Morgan fingerprint density at radius 3 is 1.56 bits per heavy atom. The summed E-state index contributed by atoms with van der Waals surface area (Å²) in [4.78, 5) is 2.98.